The molecule has 1 aliphatic rings. The molecule has 0 radical (unpaired) electrons. The Hall–Kier alpha value is -3.46. The smallest absolute Gasteiger partial charge is 0.293 e. The predicted octanol–water partition coefficient (Wildman–Crippen LogP) is 2.70. The van der Waals surface area contributed by atoms with E-state index in [2.05, 4.69) is 5.32 Å². The highest BCUT2D eigenvalue weighted by atomic mass is 16.6. The quantitative estimate of drug-likeness (QED) is 0.576. The van der Waals surface area contributed by atoms with Crippen LogP contribution in [0.2, 0.25) is 0 Å². The van der Waals surface area contributed by atoms with Gasteiger partial charge in [0.25, 0.3) is 17.5 Å². The van der Waals surface area contributed by atoms with Crippen molar-refractivity contribution in [1.82, 2.24) is 4.90 Å². The van der Waals surface area contributed by atoms with Crippen molar-refractivity contribution in [2.24, 2.45) is 0 Å². The molecule has 158 valence electrons. The first-order chi connectivity index (χ1) is 14.4. The lowest BCUT2D eigenvalue weighted by Crippen LogP contribution is -2.40. The largest absolute Gasteiger partial charge is 0.483 e. The fourth-order valence-electron chi connectivity index (χ4n) is 3.14. The minimum absolute atomic E-state index is 0.145. The molecule has 1 aliphatic heterocycles. The second-order valence-electron chi connectivity index (χ2n) is 6.90. The van der Waals surface area contributed by atoms with Crippen molar-refractivity contribution in [2.75, 3.05) is 38.2 Å². The maximum atomic E-state index is 12.8. The Kier molecular flexibility index (Phi) is 6.63. The zero-order chi connectivity index (χ0) is 21.7. The Labute approximate surface area is 173 Å². The molecule has 0 unspecified atom stereocenters. The van der Waals surface area contributed by atoms with Gasteiger partial charge in [-0.1, -0.05) is 18.2 Å². The third-order valence-corrected chi connectivity index (χ3v) is 4.95. The maximum absolute atomic E-state index is 12.8. The first-order valence-electron chi connectivity index (χ1n) is 9.51. The molecule has 0 bridgehead atoms. The molecular formula is C21H23N3O6. The number of benzene rings is 2. The monoisotopic (exact) mass is 413 g/mol. The number of carbonyl (C=O) groups excluding carboxylic acids is 2. The van der Waals surface area contributed by atoms with E-state index >= 15 is 0 Å². The molecule has 1 fully saturated rings. The van der Waals surface area contributed by atoms with Gasteiger partial charge in [-0.05, 0) is 37.1 Å². The molecule has 0 atom stereocenters. The number of ether oxygens (including phenoxy) is 2. The first kappa shape index (κ1) is 21.3. The molecule has 2 aromatic carbocycles. The van der Waals surface area contributed by atoms with Gasteiger partial charge in [-0.15, -0.1) is 0 Å². The number of para-hydroxylation sites is 1. The van der Waals surface area contributed by atoms with Gasteiger partial charge in [0.15, 0.2) is 6.61 Å². The number of nitro benzene ring substituents is 1. The van der Waals surface area contributed by atoms with E-state index in [-0.39, 0.29) is 23.0 Å². The van der Waals surface area contributed by atoms with Crippen molar-refractivity contribution in [3.63, 3.8) is 0 Å². The third-order valence-electron chi connectivity index (χ3n) is 4.95. The molecule has 3 rings (SSSR count). The summed E-state index contributed by atoms with van der Waals surface area (Å²) in [6.07, 6.45) is 0. The van der Waals surface area contributed by atoms with Crippen LogP contribution in [0.15, 0.2) is 36.4 Å². The average Bonchev–Trinajstić information content (AvgIpc) is 2.75. The van der Waals surface area contributed by atoms with Gasteiger partial charge in [0.1, 0.15) is 11.4 Å². The Balaban J connectivity index is 1.71. The molecule has 2 aromatic rings. The molecule has 30 heavy (non-hydrogen) atoms. The lowest BCUT2D eigenvalue weighted by Gasteiger charge is -2.27. The lowest BCUT2D eigenvalue weighted by molar-refractivity contribution is -0.384. The number of carbonyl (C=O) groups is 2. The standard InChI is InChI=1S/C21H23N3O6/c1-14-7-8-17(24(27)28)20(15(14)2)22-19(25)13-30-18-6-4-3-5-16(18)21(26)23-9-11-29-12-10-23/h3-8H,9-13H2,1-2H3,(H,22,25). The molecule has 1 heterocycles. The second kappa shape index (κ2) is 9.36. The minimum atomic E-state index is -0.555. The summed E-state index contributed by atoms with van der Waals surface area (Å²) in [4.78, 5) is 37.6. The van der Waals surface area contributed by atoms with Gasteiger partial charge in [0, 0.05) is 19.2 Å². The lowest BCUT2D eigenvalue weighted by atomic mass is 10.1. The topological polar surface area (TPSA) is 111 Å². The number of rotatable bonds is 6. The van der Waals surface area contributed by atoms with Crippen LogP contribution in [0.25, 0.3) is 0 Å². The van der Waals surface area contributed by atoms with Gasteiger partial charge < -0.3 is 19.7 Å². The summed E-state index contributed by atoms with van der Waals surface area (Å²) in [5.41, 5.74) is 1.74. The summed E-state index contributed by atoms with van der Waals surface area (Å²) in [6, 6.07) is 9.67. The van der Waals surface area contributed by atoms with Crippen LogP contribution >= 0.6 is 0 Å². The number of morpholine rings is 1. The zero-order valence-electron chi connectivity index (χ0n) is 16.8. The number of amides is 2. The first-order valence-corrected chi connectivity index (χ1v) is 9.51. The number of nitrogens with zero attached hydrogens (tertiary/aromatic N) is 2. The number of hydrogen-bond acceptors (Lipinski definition) is 6. The van der Waals surface area contributed by atoms with E-state index in [0.29, 0.717) is 37.4 Å². The second-order valence-corrected chi connectivity index (χ2v) is 6.90. The van der Waals surface area contributed by atoms with Crippen LogP contribution in [-0.4, -0.2) is 54.5 Å². The summed E-state index contributed by atoms with van der Waals surface area (Å²) >= 11 is 0. The van der Waals surface area contributed by atoms with Crippen molar-refractivity contribution in [1.29, 1.82) is 0 Å². The van der Waals surface area contributed by atoms with Crippen LogP contribution < -0.4 is 10.1 Å². The molecular weight excluding hydrogens is 390 g/mol. The molecule has 1 N–H and O–H groups in total. The van der Waals surface area contributed by atoms with E-state index in [4.69, 9.17) is 9.47 Å². The molecule has 1 saturated heterocycles. The van der Waals surface area contributed by atoms with E-state index in [1.165, 1.54) is 6.07 Å². The highest BCUT2D eigenvalue weighted by Gasteiger charge is 2.23. The summed E-state index contributed by atoms with van der Waals surface area (Å²) in [6.45, 7) is 5.05. The van der Waals surface area contributed by atoms with E-state index in [1.54, 1.807) is 49.1 Å². The molecule has 0 spiro atoms. The maximum Gasteiger partial charge on any atom is 0.293 e. The van der Waals surface area contributed by atoms with Crippen molar-refractivity contribution in [2.45, 2.75) is 13.8 Å². The average molecular weight is 413 g/mol. The SMILES string of the molecule is Cc1ccc([N+](=O)[O-])c(NC(=O)COc2ccccc2C(=O)N2CCOCC2)c1C. The van der Waals surface area contributed by atoms with Crippen molar-refractivity contribution in [3.8, 4) is 5.75 Å². The summed E-state index contributed by atoms with van der Waals surface area (Å²) < 4.78 is 10.9. The van der Waals surface area contributed by atoms with Gasteiger partial charge in [0.2, 0.25) is 0 Å². The van der Waals surface area contributed by atoms with Crippen LogP contribution in [0.3, 0.4) is 0 Å². The number of hydrogen-bond donors (Lipinski definition) is 1. The van der Waals surface area contributed by atoms with Crippen molar-refractivity contribution >= 4 is 23.2 Å². The summed E-state index contributed by atoms with van der Waals surface area (Å²) in [5.74, 6) is -0.473. The van der Waals surface area contributed by atoms with Crippen LogP contribution in [-0.2, 0) is 9.53 Å². The van der Waals surface area contributed by atoms with Crippen LogP contribution in [0.1, 0.15) is 21.5 Å². The predicted molar refractivity (Wildman–Crippen MR) is 110 cm³/mol. The highest BCUT2D eigenvalue weighted by molar-refractivity contribution is 5.98. The van der Waals surface area contributed by atoms with Crippen molar-refractivity contribution < 1.29 is 24.0 Å². The van der Waals surface area contributed by atoms with Crippen LogP contribution in [0.4, 0.5) is 11.4 Å². The number of nitro groups is 1. The number of nitrogens with one attached hydrogen (secondary N) is 1. The van der Waals surface area contributed by atoms with Gasteiger partial charge in [-0.25, -0.2) is 0 Å². The minimum Gasteiger partial charge on any atom is -0.483 e. The summed E-state index contributed by atoms with van der Waals surface area (Å²) in [7, 11) is 0. The van der Waals surface area contributed by atoms with Gasteiger partial charge >= 0.3 is 0 Å². The number of aryl methyl sites for hydroxylation is 1. The molecule has 0 aliphatic carbocycles. The Bertz CT molecular complexity index is 969. The summed E-state index contributed by atoms with van der Waals surface area (Å²) in [5, 5.41) is 13.9. The van der Waals surface area contributed by atoms with E-state index in [1.807, 2.05) is 0 Å². The molecule has 9 nitrogen and oxygen atoms in total. The fraction of sp³-hybridized carbons (Fsp3) is 0.333. The number of anilines is 1. The third kappa shape index (κ3) is 4.74. The Morgan fingerprint density at radius 2 is 1.87 bits per heavy atom. The Morgan fingerprint density at radius 1 is 1.17 bits per heavy atom. The molecule has 0 aromatic heterocycles. The zero-order valence-corrected chi connectivity index (χ0v) is 16.8. The van der Waals surface area contributed by atoms with E-state index in [9.17, 15) is 19.7 Å². The van der Waals surface area contributed by atoms with Gasteiger partial charge in [-0.3, -0.25) is 19.7 Å². The van der Waals surface area contributed by atoms with Gasteiger partial charge in [0.05, 0.1) is 23.7 Å². The van der Waals surface area contributed by atoms with E-state index < -0.39 is 17.4 Å². The fourth-order valence-corrected chi connectivity index (χ4v) is 3.14. The van der Waals surface area contributed by atoms with E-state index in [0.717, 1.165) is 5.56 Å². The van der Waals surface area contributed by atoms with Crippen molar-refractivity contribution in [3.05, 3.63) is 63.2 Å². The highest BCUT2D eigenvalue weighted by Crippen LogP contribution is 2.30. The Morgan fingerprint density at radius 3 is 2.57 bits per heavy atom. The molecule has 2 amide bonds. The molecule has 9 heteroatoms. The normalized spacial score (nSPS) is 13.6. The van der Waals surface area contributed by atoms with Crippen LogP contribution in [0.5, 0.6) is 5.75 Å². The van der Waals surface area contributed by atoms with Gasteiger partial charge in [-0.2, -0.15) is 0 Å². The molecule has 0 saturated carbocycles. The van der Waals surface area contributed by atoms with Crippen LogP contribution in [0, 0.1) is 24.0 Å².